The van der Waals surface area contributed by atoms with Gasteiger partial charge in [0.2, 0.25) is 11.8 Å². The first-order valence-corrected chi connectivity index (χ1v) is 23.7. The minimum absolute atomic E-state index is 0.00541. The summed E-state index contributed by atoms with van der Waals surface area (Å²) in [5.74, 6) is -1.85. The maximum Gasteiger partial charge on any atom is 0.408 e. The first-order chi connectivity index (χ1) is 33.2. The molecule has 5 amide bonds. The van der Waals surface area contributed by atoms with Crippen molar-refractivity contribution in [2.75, 3.05) is 79.9 Å². The van der Waals surface area contributed by atoms with Gasteiger partial charge >= 0.3 is 30.2 Å². The van der Waals surface area contributed by atoms with Crippen LogP contribution in [0.1, 0.15) is 96.1 Å². The number of carbonyl (C=O) groups is 7. The van der Waals surface area contributed by atoms with Crippen LogP contribution in [0.4, 0.5) is 14.4 Å². The fourth-order valence-corrected chi connectivity index (χ4v) is 6.44. The van der Waals surface area contributed by atoms with Crippen LogP contribution in [0, 0.1) is 0 Å². The van der Waals surface area contributed by atoms with E-state index in [2.05, 4.69) is 31.5 Å². The molecule has 69 heavy (non-hydrogen) atoms. The summed E-state index contributed by atoms with van der Waals surface area (Å²) < 4.78 is 36.7. The number of nitrogens with one attached hydrogen (secondary N) is 5. The summed E-state index contributed by atoms with van der Waals surface area (Å²) in [7, 11) is 2.42. The van der Waals surface area contributed by atoms with Gasteiger partial charge in [0.15, 0.2) is 0 Å². The predicted molar refractivity (Wildman–Crippen MR) is 256 cm³/mol. The number of benzene rings is 2. The van der Waals surface area contributed by atoms with E-state index in [0.29, 0.717) is 52.6 Å². The van der Waals surface area contributed by atoms with Crippen molar-refractivity contribution in [3.63, 3.8) is 0 Å². The lowest BCUT2D eigenvalue weighted by atomic mass is 10.1. The Labute approximate surface area is 406 Å². The Bertz CT molecular complexity index is 1680. The van der Waals surface area contributed by atoms with E-state index in [1.807, 2.05) is 60.7 Å². The molecule has 0 aliphatic carbocycles. The molecule has 0 heterocycles. The molecule has 0 aliphatic rings. The molecule has 0 bridgehead atoms. The zero-order valence-electron chi connectivity index (χ0n) is 41.1. The average Bonchev–Trinajstić information content (AvgIpc) is 3.33. The summed E-state index contributed by atoms with van der Waals surface area (Å²) in [4.78, 5) is 88.6. The minimum Gasteiger partial charge on any atom is -0.467 e. The van der Waals surface area contributed by atoms with Gasteiger partial charge in [0, 0.05) is 39.0 Å². The average molecular weight is 973 g/mol. The summed E-state index contributed by atoms with van der Waals surface area (Å²) in [6.07, 6.45) is 3.00. The summed E-state index contributed by atoms with van der Waals surface area (Å²) in [5, 5.41) is 13.4. The van der Waals surface area contributed by atoms with Gasteiger partial charge in [0.25, 0.3) is 0 Å². The second-order valence-corrected chi connectivity index (χ2v) is 17.0. The third-order valence-corrected chi connectivity index (χ3v) is 10.1. The van der Waals surface area contributed by atoms with E-state index >= 15 is 0 Å². The standard InChI is InChI=1S/C49H76N6O14/c1-49(2,3)69-46(60)52-28-32-65-34-35-66-33-31-55(29-16-8-14-26-50-42(56)24-22-40(44(58)63-4)53-47(61)67-36-38-18-10-6-11-19-38)30-17-9-15-27-51-43(57)25-23-41(45(59)64-5)54-48(62)68-37-39-20-12-7-13-21-39/h6-7,10-13,18-21,40-41H,8-9,14-17,22-37H2,1-5H3,(H,50,56)(H,51,57)(H,52,60)(H,53,61)(H,54,62)/t40-,41-/m0/s1. The van der Waals surface area contributed by atoms with Crippen molar-refractivity contribution in [1.29, 1.82) is 0 Å². The quantitative estimate of drug-likeness (QED) is 0.0350. The van der Waals surface area contributed by atoms with E-state index < -0.39 is 47.9 Å². The third kappa shape index (κ3) is 30.9. The van der Waals surface area contributed by atoms with Crippen LogP contribution < -0.4 is 26.6 Å². The van der Waals surface area contributed by atoms with Crippen LogP contribution in [0.2, 0.25) is 0 Å². The molecule has 386 valence electrons. The van der Waals surface area contributed by atoms with Crippen molar-refractivity contribution >= 4 is 42.0 Å². The van der Waals surface area contributed by atoms with Gasteiger partial charge in [0.1, 0.15) is 30.9 Å². The number of hydrogen-bond acceptors (Lipinski definition) is 15. The molecule has 0 saturated heterocycles. The van der Waals surface area contributed by atoms with Crippen LogP contribution in [0.3, 0.4) is 0 Å². The third-order valence-electron chi connectivity index (χ3n) is 10.1. The lowest BCUT2D eigenvalue weighted by Crippen LogP contribution is -2.42. The topological polar surface area (TPSA) is 247 Å². The predicted octanol–water partition coefficient (Wildman–Crippen LogP) is 4.92. The molecular weight excluding hydrogens is 897 g/mol. The van der Waals surface area contributed by atoms with E-state index in [4.69, 9.17) is 33.2 Å². The van der Waals surface area contributed by atoms with Crippen LogP contribution in [-0.2, 0) is 65.5 Å². The molecule has 2 atom stereocenters. The number of methoxy groups -OCH3 is 2. The van der Waals surface area contributed by atoms with Crippen molar-refractivity contribution in [3.05, 3.63) is 71.8 Å². The molecule has 2 aromatic carbocycles. The van der Waals surface area contributed by atoms with Crippen LogP contribution >= 0.6 is 0 Å². The maximum atomic E-state index is 12.6. The number of alkyl carbamates (subject to hydrolysis) is 3. The van der Waals surface area contributed by atoms with Gasteiger partial charge in [-0.15, -0.1) is 0 Å². The lowest BCUT2D eigenvalue weighted by molar-refractivity contribution is -0.144. The van der Waals surface area contributed by atoms with Crippen LogP contribution in [-0.4, -0.2) is 145 Å². The van der Waals surface area contributed by atoms with Gasteiger partial charge in [0.05, 0.1) is 40.6 Å². The fourth-order valence-electron chi connectivity index (χ4n) is 6.44. The number of esters is 2. The molecule has 20 heteroatoms. The molecule has 0 fully saturated rings. The fraction of sp³-hybridized carbons (Fsp3) is 0.612. The van der Waals surface area contributed by atoms with Crippen molar-refractivity contribution in [2.45, 2.75) is 116 Å². The molecule has 20 nitrogen and oxygen atoms in total. The van der Waals surface area contributed by atoms with Gasteiger partial charge in [-0.2, -0.15) is 0 Å². The number of carbonyl (C=O) groups excluding carboxylic acids is 7. The maximum absolute atomic E-state index is 12.6. The number of ether oxygens (including phenoxy) is 7. The van der Waals surface area contributed by atoms with E-state index in [0.717, 1.165) is 62.7 Å². The van der Waals surface area contributed by atoms with Crippen molar-refractivity contribution in [1.82, 2.24) is 31.5 Å². The first kappa shape index (κ1) is 59.1. The summed E-state index contributed by atoms with van der Waals surface area (Å²) in [6, 6.07) is 16.1. The van der Waals surface area contributed by atoms with Crippen molar-refractivity contribution in [3.8, 4) is 0 Å². The highest BCUT2D eigenvalue weighted by atomic mass is 16.6. The smallest absolute Gasteiger partial charge is 0.408 e. The lowest BCUT2D eigenvalue weighted by Gasteiger charge is -2.22. The molecule has 0 unspecified atom stereocenters. The van der Waals surface area contributed by atoms with E-state index in [9.17, 15) is 33.6 Å². The van der Waals surface area contributed by atoms with E-state index in [1.165, 1.54) is 14.2 Å². The minimum atomic E-state index is -1.04. The molecular formula is C49H76N6O14. The molecule has 2 aromatic rings. The Morgan fingerprint density at radius 3 is 1.41 bits per heavy atom. The van der Waals surface area contributed by atoms with Gasteiger partial charge in [-0.05, 0) is 83.5 Å². The number of rotatable bonds is 35. The Kier molecular flexibility index (Phi) is 30.9. The van der Waals surface area contributed by atoms with Crippen LogP contribution in [0.5, 0.6) is 0 Å². The Morgan fingerprint density at radius 1 is 0.522 bits per heavy atom. The van der Waals surface area contributed by atoms with Gasteiger partial charge in [-0.1, -0.05) is 73.5 Å². The number of unbranched alkanes of at least 4 members (excludes halogenated alkanes) is 4. The van der Waals surface area contributed by atoms with Crippen molar-refractivity contribution in [2.24, 2.45) is 0 Å². The Balaban J connectivity index is 1.72. The van der Waals surface area contributed by atoms with Crippen molar-refractivity contribution < 1.29 is 66.7 Å². The highest BCUT2D eigenvalue weighted by Gasteiger charge is 2.25. The molecule has 0 spiro atoms. The zero-order valence-corrected chi connectivity index (χ0v) is 41.1. The first-order valence-electron chi connectivity index (χ1n) is 23.7. The van der Waals surface area contributed by atoms with Gasteiger partial charge in [-0.3, -0.25) is 9.59 Å². The Morgan fingerprint density at radius 2 is 0.971 bits per heavy atom. The highest BCUT2D eigenvalue weighted by molar-refractivity contribution is 5.83. The van der Waals surface area contributed by atoms with Gasteiger partial charge in [-0.25, -0.2) is 24.0 Å². The van der Waals surface area contributed by atoms with E-state index in [-0.39, 0.29) is 50.7 Å². The van der Waals surface area contributed by atoms with Crippen LogP contribution in [0.15, 0.2) is 60.7 Å². The number of amides is 5. The highest BCUT2D eigenvalue weighted by Crippen LogP contribution is 2.09. The monoisotopic (exact) mass is 973 g/mol. The largest absolute Gasteiger partial charge is 0.467 e. The summed E-state index contributed by atoms with van der Waals surface area (Å²) in [6.45, 7) is 10.6. The molecule has 0 radical (unpaired) electrons. The number of hydrogen-bond donors (Lipinski definition) is 5. The second kappa shape index (κ2) is 36.1. The normalized spacial score (nSPS) is 11.9. The molecule has 0 saturated carbocycles. The molecule has 0 aromatic heterocycles. The van der Waals surface area contributed by atoms with Gasteiger partial charge < -0.3 is 64.6 Å². The Hall–Kier alpha value is -5.99. The molecule has 5 N–H and O–H groups in total. The van der Waals surface area contributed by atoms with Crippen LogP contribution in [0.25, 0.3) is 0 Å². The number of nitrogens with zero attached hydrogens (tertiary/aromatic N) is 1. The van der Waals surface area contributed by atoms with E-state index in [1.54, 1.807) is 20.8 Å². The molecule has 2 rings (SSSR count). The summed E-state index contributed by atoms with van der Waals surface area (Å²) in [5.41, 5.74) is 1.01. The molecule has 0 aliphatic heterocycles. The zero-order chi connectivity index (χ0) is 50.5. The second-order valence-electron chi connectivity index (χ2n) is 17.0. The summed E-state index contributed by atoms with van der Waals surface area (Å²) >= 11 is 0. The SMILES string of the molecule is COC(=O)[C@H](CCC(=O)NCCCCCN(CCCCCNC(=O)CC[C@H](NC(=O)OCc1ccccc1)C(=O)OC)CCOCCOCCNC(=O)OC(C)(C)C)NC(=O)OCc1ccccc1.